The molecule has 0 unspecified atom stereocenters. The number of amides is 3. The Morgan fingerprint density at radius 3 is 2.81 bits per heavy atom. The van der Waals surface area contributed by atoms with E-state index in [0.717, 1.165) is 0 Å². The first-order chi connectivity index (χ1) is 12.3. The van der Waals surface area contributed by atoms with Gasteiger partial charge in [0, 0.05) is 12.1 Å². The van der Waals surface area contributed by atoms with Crippen LogP contribution in [-0.4, -0.2) is 43.4 Å². The number of nitrogens with one attached hydrogen (secondary N) is 3. The topological polar surface area (TPSA) is 104 Å². The molecule has 1 aromatic carbocycles. The molecule has 0 saturated carbocycles. The highest BCUT2D eigenvalue weighted by atomic mass is 32.2. The third kappa shape index (κ3) is 3.98. The number of unbranched alkanes of at least 4 members (excludes halogenated alkanes) is 1. The monoisotopic (exact) mass is 383 g/mol. The molecular weight excluding hydrogens is 361 g/mol. The van der Waals surface area contributed by atoms with E-state index in [4.69, 9.17) is 0 Å². The molecule has 2 aliphatic rings. The van der Waals surface area contributed by atoms with Crippen LogP contribution in [0.3, 0.4) is 0 Å². The van der Waals surface area contributed by atoms with E-state index in [-0.39, 0.29) is 36.0 Å². The Kier molecular flexibility index (Phi) is 5.17. The van der Waals surface area contributed by atoms with Crippen LogP contribution in [0.5, 0.6) is 0 Å². The number of aryl methyl sites for hydroxylation is 1. The maximum absolute atomic E-state index is 13.5. The minimum Gasteiger partial charge on any atom is -0.332 e. The number of carbonyl (C=O) groups is 2. The maximum Gasteiger partial charge on any atom is 0.315 e. The van der Waals surface area contributed by atoms with Crippen LogP contribution >= 0.6 is 0 Å². The lowest BCUT2D eigenvalue weighted by atomic mass is 10.0. The van der Waals surface area contributed by atoms with Gasteiger partial charge in [0.2, 0.25) is 5.91 Å². The summed E-state index contributed by atoms with van der Waals surface area (Å²) in [6.45, 7) is 1.64. The fourth-order valence-corrected chi connectivity index (χ4v) is 5.80. The Hall–Kier alpha value is -2.16. The number of urea groups is 1. The second-order valence-corrected chi connectivity index (χ2v) is 9.14. The molecule has 7 nitrogen and oxygen atoms in total. The van der Waals surface area contributed by atoms with Crippen molar-refractivity contribution in [3.05, 3.63) is 29.6 Å². The molecule has 0 spiro atoms. The van der Waals surface area contributed by atoms with Crippen molar-refractivity contribution < 1.29 is 22.4 Å². The lowest BCUT2D eigenvalue weighted by molar-refractivity contribution is -0.116. The van der Waals surface area contributed by atoms with Crippen molar-refractivity contribution in [3.63, 3.8) is 0 Å². The Morgan fingerprint density at radius 1 is 1.31 bits per heavy atom. The van der Waals surface area contributed by atoms with Crippen LogP contribution in [0.25, 0.3) is 0 Å². The molecule has 0 radical (unpaired) electrons. The molecule has 2 fully saturated rings. The van der Waals surface area contributed by atoms with Gasteiger partial charge in [-0.25, -0.2) is 17.6 Å². The van der Waals surface area contributed by atoms with Crippen molar-refractivity contribution in [3.8, 4) is 0 Å². The Bertz CT molecular complexity index is 827. The molecule has 0 bridgehead atoms. The van der Waals surface area contributed by atoms with Crippen molar-refractivity contribution >= 4 is 27.5 Å². The van der Waals surface area contributed by atoms with Crippen molar-refractivity contribution in [1.29, 1.82) is 0 Å². The normalized spacial score (nSPS) is 26.1. The summed E-state index contributed by atoms with van der Waals surface area (Å²) in [7, 11) is -3.25. The van der Waals surface area contributed by atoms with Crippen LogP contribution in [0.2, 0.25) is 0 Å². The summed E-state index contributed by atoms with van der Waals surface area (Å²) in [5.41, 5.74) is 0.909. The van der Waals surface area contributed by atoms with Crippen molar-refractivity contribution in [2.45, 2.75) is 49.9 Å². The van der Waals surface area contributed by atoms with Gasteiger partial charge in [-0.2, -0.15) is 0 Å². The molecule has 26 heavy (non-hydrogen) atoms. The number of carbonyl (C=O) groups excluding carboxylic acids is 2. The summed E-state index contributed by atoms with van der Waals surface area (Å²) < 4.78 is 37.9. The zero-order valence-corrected chi connectivity index (χ0v) is 15.2. The number of rotatable bonds is 6. The lowest BCUT2D eigenvalue weighted by Gasteiger charge is -2.16. The van der Waals surface area contributed by atoms with Gasteiger partial charge in [-0.1, -0.05) is 12.5 Å². The number of hydrogen-bond donors (Lipinski definition) is 3. The second-order valence-electron chi connectivity index (χ2n) is 6.88. The lowest BCUT2D eigenvalue weighted by Crippen LogP contribution is -2.39. The summed E-state index contributed by atoms with van der Waals surface area (Å²) in [5, 5.41) is 7.31. The quantitative estimate of drug-likeness (QED) is 0.511. The van der Waals surface area contributed by atoms with Crippen LogP contribution in [-0.2, 0) is 14.6 Å². The van der Waals surface area contributed by atoms with Gasteiger partial charge >= 0.3 is 6.03 Å². The fraction of sp³-hybridized carbons (Fsp3) is 0.529. The number of hydrogen-bond acceptors (Lipinski definition) is 4. The van der Waals surface area contributed by atoms with Gasteiger partial charge in [0.1, 0.15) is 5.82 Å². The van der Waals surface area contributed by atoms with E-state index in [0.29, 0.717) is 30.5 Å². The van der Waals surface area contributed by atoms with Gasteiger partial charge in [0.05, 0.1) is 23.1 Å². The average molecular weight is 383 g/mol. The number of anilines is 1. The van der Waals surface area contributed by atoms with Crippen LogP contribution in [0.15, 0.2) is 18.2 Å². The standard InChI is InChI=1S/C17H22FN3O4S/c1-10-6-7-11(8-12(10)18)19-15(22)5-3-2-4-14-16-13(9-26(14,24)25)20-17(23)21-16/h6-8,13-14,16H,2-5,9H2,1H3,(H,19,22)(H2,20,21,23)/t13-,14-,16-/m1/s1. The van der Waals surface area contributed by atoms with Gasteiger partial charge in [0.25, 0.3) is 0 Å². The first-order valence-electron chi connectivity index (χ1n) is 8.61. The van der Waals surface area contributed by atoms with Gasteiger partial charge < -0.3 is 16.0 Å². The molecule has 2 aliphatic heterocycles. The molecule has 0 aromatic heterocycles. The largest absolute Gasteiger partial charge is 0.332 e. The van der Waals surface area contributed by atoms with E-state index in [2.05, 4.69) is 16.0 Å². The van der Waals surface area contributed by atoms with Gasteiger partial charge in [-0.05, 0) is 37.5 Å². The van der Waals surface area contributed by atoms with Gasteiger partial charge in [-0.15, -0.1) is 0 Å². The summed E-state index contributed by atoms with van der Waals surface area (Å²) in [6, 6.07) is 3.42. The minimum absolute atomic E-state index is 0.0411. The van der Waals surface area contributed by atoms with E-state index >= 15 is 0 Å². The molecule has 3 amide bonds. The van der Waals surface area contributed by atoms with E-state index in [9.17, 15) is 22.4 Å². The molecule has 142 valence electrons. The summed E-state index contributed by atoms with van der Waals surface area (Å²) in [4.78, 5) is 23.3. The predicted octanol–water partition coefficient (Wildman–Crippen LogP) is 1.48. The Morgan fingerprint density at radius 2 is 2.08 bits per heavy atom. The zero-order valence-electron chi connectivity index (χ0n) is 14.4. The smallest absolute Gasteiger partial charge is 0.315 e. The highest BCUT2D eigenvalue weighted by Crippen LogP contribution is 2.28. The van der Waals surface area contributed by atoms with E-state index in [1.165, 1.54) is 6.07 Å². The maximum atomic E-state index is 13.5. The average Bonchev–Trinajstić information content (AvgIpc) is 2.99. The molecule has 3 rings (SSSR count). The number of fused-ring (bicyclic) bond motifs is 1. The number of sulfone groups is 1. The van der Waals surface area contributed by atoms with E-state index in [1.54, 1.807) is 19.1 Å². The van der Waals surface area contributed by atoms with Gasteiger partial charge in [-0.3, -0.25) is 4.79 Å². The second kappa shape index (κ2) is 7.22. The predicted molar refractivity (Wildman–Crippen MR) is 95.1 cm³/mol. The Balaban J connectivity index is 1.45. The van der Waals surface area contributed by atoms with Crippen LogP contribution in [0.4, 0.5) is 14.9 Å². The van der Waals surface area contributed by atoms with Crippen LogP contribution in [0, 0.1) is 12.7 Å². The minimum atomic E-state index is -3.25. The Labute approximate surface area is 151 Å². The van der Waals surface area contributed by atoms with E-state index < -0.39 is 21.1 Å². The molecule has 9 heteroatoms. The van der Waals surface area contributed by atoms with Crippen LogP contribution < -0.4 is 16.0 Å². The first kappa shape index (κ1) is 18.6. The third-order valence-corrected chi connectivity index (χ3v) is 7.19. The highest BCUT2D eigenvalue weighted by molar-refractivity contribution is 7.92. The van der Waals surface area contributed by atoms with E-state index in [1.807, 2.05) is 0 Å². The molecule has 3 N–H and O–H groups in total. The fourth-order valence-electron chi connectivity index (χ4n) is 3.53. The van der Waals surface area contributed by atoms with Gasteiger partial charge in [0.15, 0.2) is 9.84 Å². The molecular formula is C17H22FN3O4S. The molecule has 2 heterocycles. The molecule has 0 aliphatic carbocycles. The van der Waals surface area contributed by atoms with Crippen LogP contribution in [0.1, 0.15) is 31.2 Å². The van der Waals surface area contributed by atoms with Crippen molar-refractivity contribution in [2.24, 2.45) is 0 Å². The number of benzene rings is 1. The highest BCUT2D eigenvalue weighted by Gasteiger charge is 2.51. The summed E-state index contributed by atoms with van der Waals surface area (Å²) >= 11 is 0. The molecule has 1 aromatic rings. The van der Waals surface area contributed by atoms with Crippen molar-refractivity contribution in [2.75, 3.05) is 11.1 Å². The third-order valence-electron chi connectivity index (χ3n) is 4.92. The summed E-state index contributed by atoms with van der Waals surface area (Å²) in [5.74, 6) is -0.659. The molecule has 3 atom stereocenters. The molecule has 2 saturated heterocycles. The first-order valence-corrected chi connectivity index (χ1v) is 10.3. The van der Waals surface area contributed by atoms with Crippen molar-refractivity contribution in [1.82, 2.24) is 10.6 Å². The summed E-state index contributed by atoms with van der Waals surface area (Å²) in [6.07, 6.45) is 1.70. The zero-order chi connectivity index (χ0) is 18.9. The number of halogens is 1. The SMILES string of the molecule is Cc1ccc(NC(=O)CCCC[C@@H]2[C@@H]3NC(=O)N[C@@H]3CS2(=O)=O)cc1F.